The van der Waals surface area contributed by atoms with Crippen LogP contribution in [0.3, 0.4) is 0 Å². The smallest absolute Gasteiger partial charge is 0.280 e. The van der Waals surface area contributed by atoms with Gasteiger partial charge in [0.15, 0.2) is 5.56 Å². The molecule has 0 amide bonds. The molecule has 0 aliphatic heterocycles. The van der Waals surface area contributed by atoms with Crippen LogP contribution in [0.2, 0.25) is 0 Å². The number of nitrogens with zero attached hydrogens (tertiary/aromatic N) is 3. The van der Waals surface area contributed by atoms with Gasteiger partial charge in [-0.3, -0.25) is 4.79 Å². The molecule has 24 heavy (non-hydrogen) atoms. The number of para-hydroxylation sites is 1. The second-order valence-electron chi connectivity index (χ2n) is 5.31. The summed E-state index contributed by atoms with van der Waals surface area (Å²) < 4.78 is 8.09. The Kier molecular flexibility index (Phi) is 3.29. The van der Waals surface area contributed by atoms with E-state index in [1.807, 2.05) is 49.4 Å². The van der Waals surface area contributed by atoms with Crippen molar-refractivity contribution in [3.05, 3.63) is 70.0 Å². The molecule has 4 rings (SSSR count). The van der Waals surface area contributed by atoms with Crippen molar-refractivity contribution in [2.24, 2.45) is 0 Å². The SMILES string of the molecule is Cc1ccc(Oc2nc3sc4ccccc4n3c(=O)c2C#N)cc1. The molecule has 0 fully saturated rings. The van der Waals surface area contributed by atoms with Crippen LogP contribution >= 0.6 is 11.3 Å². The van der Waals surface area contributed by atoms with Gasteiger partial charge in [-0.25, -0.2) is 4.40 Å². The topological polar surface area (TPSA) is 67.4 Å². The Labute approximate surface area is 141 Å². The summed E-state index contributed by atoms with van der Waals surface area (Å²) >= 11 is 1.38. The van der Waals surface area contributed by atoms with Crippen LogP contribution < -0.4 is 10.3 Å². The molecular formula is C18H11N3O2S. The quantitative estimate of drug-likeness (QED) is 0.558. The van der Waals surface area contributed by atoms with Crippen molar-refractivity contribution in [2.75, 3.05) is 0 Å². The average molecular weight is 333 g/mol. The summed E-state index contributed by atoms with van der Waals surface area (Å²) in [5, 5.41) is 9.41. The normalized spacial score (nSPS) is 10.8. The minimum Gasteiger partial charge on any atom is -0.437 e. The third-order valence-electron chi connectivity index (χ3n) is 3.67. The van der Waals surface area contributed by atoms with Crippen molar-refractivity contribution in [1.82, 2.24) is 9.38 Å². The Bertz CT molecular complexity index is 1170. The Morgan fingerprint density at radius 1 is 1.17 bits per heavy atom. The zero-order valence-electron chi connectivity index (χ0n) is 12.7. The van der Waals surface area contributed by atoms with E-state index in [9.17, 15) is 10.1 Å². The van der Waals surface area contributed by atoms with Crippen molar-refractivity contribution in [2.45, 2.75) is 6.92 Å². The fourth-order valence-electron chi connectivity index (χ4n) is 2.48. The molecular weight excluding hydrogens is 322 g/mol. The molecule has 0 unspecified atom stereocenters. The van der Waals surface area contributed by atoms with Crippen LogP contribution in [0.15, 0.2) is 53.3 Å². The van der Waals surface area contributed by atoms with Gasteiger partial charge in [-0.05, 0) is 31.2 Å². The highest BCUT2D eigenvalue weighted by atomic mass is 32.1. The average Bonchev–Trinajstić information content (AvgIpc) is 2.95. The van der Waals surface area contributed by atoms with Gasteiger partial charge in [-0.15, -0.1) is 0 Å². The maximum atomic E-state index is 12.7. The molecule has 2 aromatic carbocycles. The second kappa shape index (κ2) is 5.48. The number of thiazole rings is 1. The Morgan fingerprint density at radius 2 is 1.92 bits per heavy atom. The van der Waals surface area contributed by atoms with Crippen LogP contribution in [0.5, 0.6) is 11.6 Å². The van der Waals surface area contributed by atoms with Gasteiger partial charge in [-0.2, -0.15) is 10.2 Å². The fourth-order valence-corrected chi connectivity index (χ4v) is 3.49. The number of benzene rings is 2. The summed E-state index contributed by atoms with van der Waals surface area (Å²) in [7, 11) is 0. The Hall–Kier alpha value is -3.17. The molecule has 5 nitrogen and oxygen atoms in total. The first-order chi connectivity index (χ1) is 11.7. The van der Waals surface area contributed by atoms with Gasteiger partial charge < -0.3 is 4.74 Å². The van der Waals surface area contributed by atoms with Gasteiger partial charge in [0, 0.05) is 0 Å². The number of aromatic nitrogens is 2. The van der Waals surface area contributed by atoms with Crippen LogP contribution in [0.1, 0.15) is 11.1 Å². The summed E-state index contributed by atoms with van der Waals surface area (Å²) in [6.07, 6.45) is 0. The lowest BCUT2D eigenvalue weighted by molar-refractivity contribution is 0.461. The number of hydrogen-bond acceptors (Lipinski definition) is 5. The highest BCUT2D eigenvalue weighted by Gasteiger charge is 2.18. The molecule has 0 saturated heterocycles. The molecule has 2 aromatic heterocycles. The predicted molar refractivity (Wildman–Crippen MR) is 92.8 cm³/mol. The maximum Gasteiger partial charge on any atom is 0.280 e. The molecule has 0 aliphatic rings. The summed E-state index contributed by atoms with van der Waals surface area (Å²) in [6, 6.07) is 16.8. The van der Waals surface area contributed by atoms with Crippen LogP contribution in [0.25, 0.3) is 15.2 Å². The molecule has 0 radical (unpaired) electrons. The molecule has 6 heteroatoms. The number of rotatable bonds is 2. The molecule has 0 N–H and O–H groups in total. The third-order valence-corrected chi connectivity index (χ3v) is 4.70. The zero-order chi connectivity index (χ0) is 16.7. The Morgan fingerprint density at radius 3 is 2.67 bits per heavy atom. The standard InChI is InChI=1S/C18H11N3O2S/c1-11-6-8-12(9-7-11)23-16-13(10-19)17(22)21-14-4-2-3-5-15(14)24-18(21)20-16/h2-9H,1H3. The van der Waals surface area contributed by atoms with E-state index in [-0.39, 0.29) is 11.4 Å². The minimum atomic E-state index is -0.415. The summed E-state index contributed by atoms with van der Waals surface area (Å²) in [5.74, 6) is 0.576. The van der Waals surface area contributed by atoms with Crippen LogP contribution in [-0.4, -0.2) is 9.38 Å². The first-order valence-corrected chi connectivity index (χ1v) is 8.08. The van der Waals surface area contributed by atoms with E-state index in [1.54, 1.807) is 12.1 Å². The van der Waals surface area contributed by atoms with E-state index < -0.39 is 5.56 Å². The molecule has 0 atom stereocenters. The van der Waals surface area contributed by atoms with Crippen LogP contribution in [0.4, 0.5) is 0 Å². The summed E-state index contributed by atoms with van der Waals surface area (Å²) in [5.41, 5.74) is 1.32. The molecule has 0 spiro atoms. The van der Waals surface area contributed by atoms with Crippen molar-refractivity contribution in [3.63, 3.8) is 0 Å². The van der Waals surface area contributed by atoms with E-state index >= 15 is 0 Å². The molecule has 4 aromatic rings. The molecule has 116 valence electrons. The van der Waals surface area contributed by atoms with E-state index in [0.717, 1.165) is 15.8 Å². The van der Waals surface area contributed by atoms with E-state index in [1.165, 1.54) is 15.7 Å². The summed E-state index contributed by atoms with van der Waals surface area (Å²) in [6.45, 7) is 1.97. The number of nitriles is 1. The highest BCUT2D eigenvalue weighted by Crippen LogP contribution is 2.28. The zero-order valence-corrected chi connectivity index (χ0v) is 13.5. The van der Waals surface area contributed by atoms with Crippen molar-refractivity contribution < 1.29 is 4.74 Å². The van der Waals surface area contributed by atoms with Gasteiger partial charge in [0.05, 0.1) is 10.2 Å². The lowest BCUT2D eigenvalue weighted by Gasteiger charge is -2.06. The first kappa shape index (κ1) is 14.4. The number of ether oxygens (including phenoxy) is 1. The van der Waals surface area contributed by atoms with E-state index in [2.05, 4.69) is 4.98 Å². The maximum absolute atomic E-state index is 12.7. The van der Waals surface area contributed by atoms with E-state index in [0.29, 0.717) is 10.7 Å². The second-order valence-corrected chi connectivity index (χ2v) is 6.32. The number of hydrogen-bond donors (Lipinski definition) is 0. The molecule has 0 saturated carbocycles. The van der Waals surface area contributed by atoms with E-state index in [4.69, 9.17) is 4.74 Å². The van der Waals surface area contributed by atoms with Gasteiger partial charge in [0.25, 0.3) is 5.56 Å². The molecule has 0 aliphatic carbocycles. The van der Waals surface area contributed by atoms with Gasteiger partial charge in [-0.1, -0.05) is 41.2 Å². The number of fused-ring (bicyclic) bond motifs is 3. The summed E-state index contributed by atoms with van der Waals surface area (Å²) in [4.78, 5) is 17.6. The highest BCUT2D eigenvalue weighted by molar-refractivity contribution is 7.23. The molecule has 0 bridgehead atoms. The predicted octanol–water partition coefficient (Wildman–Crippen LogP) is 3.88. The fraction of sp³-hybridized carbons (Fsp3) is 0.0556. The van der Waals surface area contributed by atoms with Gasteiger partial charge in [0.2, 0.25) is 10.8 Å². The molecule has 2 heterocycles. The van der Waals surface area contributed by atoms with Crippen LogP contribution in [0, 0.1) is 18.3 Å². The minimum absolute atomic E-state index is 0.0397. The van der Waals surface area contributed by atoms with Gasteiger partial charge in [0.1, 0.15) is 11.8 Å². The van der Waals surface area contributed by atoms with Gasteiger partial charge >= 0.3 is 0 Å². The first-order valence-electron chi connectivity index (χ1n) is 7.26. The van der Waals surface area contributed by atoms with Crippen LogP contribution in [-0.2, 0) is 0 Å². The largest absolute Gasteiger partial charge is 0.437 e. The lowest BCUT2D eigenvalue weighted by atomic mass is 10.2. The van der Waals surface area contributed by atoms with Crippen molar-refractivity contribution >= 4 is 26.5 Å². The van der Waals surface area contributed by atoms with Crippen molar-refractivity contribution in [1.29, 1.82) is 5.26 Å². The number of aryl methyl sites for hydroxylation is 1. The Balaban J connectivity index is 1.96. The lowest BCUT2D eigenvalue weighted by Crippen LogP contribution is -2.17. The third kappa shape index (κ3) is 2.23. The monoisotopic (exact) mass is 333 g/mol. The van der Waals surface area contributed by atoms with Crippen molar-refractivity contribution in [3.8, 4) is 17.7 Å².